The average molecular weight is 624 g/mol. The van der Waals surface area contributed by atoms with Gasteiger partial charge < -0.3 is 20.1 Å². The number of alkyl halides is 6. The van der Waals surface area contributed by atoms with Crippen LogP contribution in [0.15, 0.2) is 48.7 Å². The molecular weight excluding hydrogens is 588 g/mol. The lowest BCUT2D eigenvalue weighted by molar-refractivity contribution is -0.143. The molecule has 44 heavy (non-hydrogen) atoms. The maximum atomic E-state index is 13.7. The van der Waals surface area contributed by atoms with E-state index in [1.165, 1.54) is 11.3 Å². The molecule has 238 valence electrons. The van der Waals surface area contributed by atoms with E-state index in [0.717, 1.165) is 48.9 Å². The lowest BCUT2D eigenvalue weighted by atomic mass is 9.98. The van der Waals surface area contributed by atoms with E-state index in [-0.39, 0.29) is 44.6 Å². The van der Waals surface area contributed by atoms with E-state index in [0.29, 0.717) is 18.7 Å². The molecule has 0 bridgehead atoms. The van der Waals surface area contributed by atoms with Crippen LogP contribution in [-0.2, 0) is 23.6 Å². The second kappa shape index (κ2) is 13.2. The van der Waals surface area contributed by atoms with Gasteiger partial charge in [0.05, 0.1) is 17.7 Å². The Balaban J connectivity index is 1.35. The molecule has 1 atom stereocenters. The minimum atomic E-state index is -5.07. The molecule has 2 aromatic carbocycles. The van der Waals surface area contributed by atoms with Crippen molar-refractivity contribution in [2.75, 3.05) is 52.4 Å². The Labute approximate surface area is 251 Å². The largest absolute Gasteiger partial charge is 0.416 e. The highest BCUT2D eigenvalue weighted by Gasteiger charge is 2.39. The zero-order chi connectivity index (χ0) is 31.5. The summed E-state index contributed by atoms with van der Waals surface area (Å²) < 4.78 is 81.3. The van der Waals surface area contributed by atoms with E-state index >= 15 is 0 Å². The van der Waals surface area contributed by atoms with Crippen molar-refractivity contribution in [3.8, 4) is 0 Å². The molecule has 1 aromatic heterocycles. The van der Waals surface area contributed by atoms with Crippen LogP contribution in [0.4, 0.5) is 26.3 Å². The third-order valence-electron chi connectivity index (χ3n) is 8.36. The second-order valence-electron chi connectivity index (χ2n) is 11.5. The number of piperazine rings is 1. The number of carbonyl (C=O) groups is 2. The SMILES string of the molecule is O=C(CN1CCN(C(=O)c2cc(C(F)(F)F)cc(C(F)(F)F)c2)[C@H](Cc2c[nH]c3ccccc23)C1)NCCN1CCCCC1. The molecule has 0 spiro atoms. The number of piperidine rings is 1. The Morgan fingerprint density at radius 2 is 1.55 bits per heavy atom. The number of nitrogens with zero attached hydrogens (tertiary/aromatic N) is 3. The monoisotopic (exact) mass is 623 g/mol. The smallest absolute Gasteiger partial charge is 0.361 e. The highest BCUT2D eigenvalue weighted by molar-refractivity contribution is 5.95. The van der Waals surface area contributed by atoms with Crippen LogP contribution in [0.2, 0.25) is 0 Å². The van der Waals surface area contributed by atoms with Crippen LogP contribution in [0.1, 0.15) is 46.3 Å². The van der Waals surface area contributed by atoms with E-state index < -0.39 is 41.0 Å². The predicted molar refractivity (Wildman–Crippen MR) is 153 cm³/mol. The third-order valence-corrected chi connectivity index (χ3v) is 8.36. The minimum Gasteiger partial charge on any atom is -0.361 e. The summed E-state index contributed by atoms with van der Waals surface area (Å²) in [5.74, 6) is -1.10. The van der Waals surface area contributed by atoms with Crippen LogP contribution < -0.4 is 5.32 Å². The van der Waals surface area contributed by atoms with Crippen LogP contribution in [-0.4, -0.2) is 89.9 Å². The zero-order valence-corrected chi connectivity index (χ0v) is 24.1. The molecule has 0 aliphatic carbocycles. The lowest BCUT2D eigenvalue weighted by Gasteiger charge is -2.41. The number of H-pyrrole nitrogens is 1. The number of benzene rings is 2. The topological polar surface area (TPSA) is 71.7 Å². The highest BCUT2D eigenvalue weighted by atomic mass is 19.4. The molecule has 3 aromatic rings. The number of hydrogen-bond acceptors (Lipinski definition) is 4. The van der Waals surface area contributed by atoms with Gasteiger partial charge >= 0.3 is 12.4 Å². The molecule has 13 heteroatoms. The number of para-hydroxylation sites is 1. The number of nitrogens with one attached hydrogen (secondary N) is 2. The van der Waals surface area contributed by atoms with Gasteiger partial charge in [-0.15, -0.1) is 0 Å². The van der Waals surface area contributed by atoms with Crippen molar-refractivity contribution in [2.45, 2.75) is 44.1 Å². The van der Waals surface area contributed by atoms with E-state index in [1.807, 2.05) is 29.2 Å². The Bertz CT molecular complexity index is 1430. The quantitative estimate of drug-likeness (QED) is 0.340. The standard InChI is InChI=1S/C31H35F6N5O2/c32-30(33,34)23-14-21(15-24(17-23)31(35,36)37)29(44)42-13-12-41(20-28(43)38-8-11-40-9-4-1-5-10-40)19-25(42)16-22-18-39-27-7-3-2-6-26(22)27/h2-3,6-7,14-15,17-18,25,39H,1,4-5,8-13,16,19-20H2,(H,38,43)/t25-/m1/s1. The van der Waals surface area contributed by atoms with Gasteiger partial charge in [-0.05, 0) is 62.2 Å². The third kappa shape index (κ3) is 7.73. The van der Waals surface area contributed by atoms with Crippen molar-refractivity contribution in [2.24, 2.45) is 0 Å². The number of aromatic nitrogens is 1. The number of amides is 2. The molecule has 3 heterocycles. The number of likely N-dealkylation sites (tertiary alicyclic amines) is 1. The fraction of sp³-hybridized carbons (Fsp3) is 0.484. The molecule has 5 rings (SSSR count). The first kappa shape index (κ1) is 31.8. The number of hydrogen-bond donors (Lipinski definition) is 2. The summed E-state index contributed by atoms with van der Waals surface area (Å²) in [5.41, 5.74) is -2.06. The normalized spacial score (nSPS) is 19.0. The number of carbonyl (C=O) groups excluding carboxylic acids is 2. The first-order valence-electron chi connectivity index (χ1n) is 14.8. The van der Waals surface area contributed by atoms with Crippen LogP contribution in [0.3, 0.4) is 0 Å². The summed E-state index contributed by atoms with van der Waals surface area (Å²) in [4.78, 5) is 35.1. The van der Waals surface area contributed by atoms with Crippen molar-refractivity contribution in [1.29, 1.82) is 0 Å². The average Bonchev–Trinajstić information content (AvgIpc) is 3.39. The second-order valence-corrected chi connectivity index (χ2v) is 11.5. The van der Waals surface area contributed by atoms with Gasteiger partial charge in [-0.3, -0.25) is 14.5 Å². The van der Waals surface area contributed by atoms with Crippen LogP contribution in [0.5, 0.6) is 0 Å². The predicted octanol–water partition coefficient (Wildman–Crippen LogP) is 5.18. The fourth-order valence-electron chi connectivity index (χ4n) is 6.10. The van der Waals surface area contributed by atoms with Gasteiger partial charge in [0.1, 0.15) is 0 Å². The van der Waals surface area contributed by atoms with Gasteiger partial charge in [0.2, 0.25) is 5.91 Å². The van der Waals surface area contributed by atoms with E-state index in [1.54, 1.807) is 6.20 Å². The van der Waals surface area contributed by atoms with Gasteiger partial charge in [-0.25, -0.2) is 0 Å². The van der Waals surface area contributed by atoms with Gasteiger partial charge in [0, 0.05) is 61.4 Å². The van der Waals surface area contributed by atoms with Gasteiger partial charge in [-0.2, -0.15) is 26.3 Å². The van der Waals surface area contributed by atoms with E-state index in [9.17, 15) is 35.9 Å². The van der Waals surface area contributed by atoms with Gasteiger partial charge in [-0.1, -0.05) is 24.6 Å². The van der Waals surface area contributed by atoms with Crippen molar-refractivity contribution >= 4 is 22.7 Å². The summed E-state index contributed by atoms with van der Waals surface area (Å²) in [6.07, 6.45) is -4.56. The summed E-state index contributed by atoms with van der Waals surface area (Å²) >= 11 is 0. The fourth-order valence-corrected chi connectivity index (χ4v) is 6.10. The molecule has 2 fully saturated rings. The first-order valence-corrected chi connectivity index (χ1v) is 14.8. The molecule has 2 amide bonds. The molecule has 2 N–H and O–H groups in total. The molecule has 2 aliphatic rings. The van der Waals surface area contributed by atoms with Crippen molar-refractivity contribution < 1.29 is 35.9 Å². The Morgan fingerprint density at radius 1 is 0.864 bits per heavy atom. The number of rotatable bonds is 8. The maximum absolute atomic E-state index is 13.7. The van der Waals surface area contributed by atoms with E-state index in [4.69, 9.17) is 0 Å². The maximum Gasteiger partial charge on any atom is 0.416 e. The van der Waals surface area contributed by atoms with Gasteiger partial charge in [0.25, 0.3) is 5.91 Å². The van der Waals surface area contributed by atoms with E-state index in [2.05, 4.69) is 15.2 Å². The summed E-state index contributed by atoms with van der Waals surface area (Å²) in [6, 6.07) is 7.84. The molecular formula is C31H35F6N5O2. The van der Waals surface area contributed by atoms with Crippen LogP contribution >= 0.6 is 0 Å². The number of aromatic amines is 1. The summed E-state index contributed by atoms with van der Waals surface area (Å²) in [6.45, 7) is 3.84. The molecule has 2 saturated heterocycles. The Morgan fingerprint density at radius 3 is 2.23 bits per heavy atom. The summed E-state index contributed by atoms with van der Waals surface area (Å²) in [7, 11) is 0. The zero-order valence-electron chi connectivity index (χ0n) is 24.1. The number of halogens is 6. The van der Waals surface area contributed by atoms with Crippen molar-refractivity contribution in [3.63, 3.8) is 0 Å². The van der Waals surface area contributed by atoms with Crippen molar-refractivity contribution in [1.82, 2.24) is 25.0 Å². The lowest BCUT2D eigenvalue weighted by Crippen LogP contribution is -2.57. The molecule has 0 saturated carbocycles. The van der Waals surface area contributed by atoms with Crippen LogP contribution in [0, 0.1) is 0 Å². The molecule has 0 radical (unpaired) electrons. The van der Waals surface area contributed by atoms with Gasteiger partial charge in [0.15, 0.2) is 0 Å². The molecule has 2 aliphatic heterocycles. The molecule has 0 unspecified atom stereocenters. The van der Waals surface area contributed by atoms with Crippen LogP contribution in [0.25, 0.3) is 10.9 Å². The first-order chi connectivity index (χ1) is 20.9. The summed E-state index contributed by atoms with van der Waals surface area (Å²) in [5, 5.41) is 3.84. The Hall–Kier alpha value is -3.58. The number of fused-ring (bicyclic) bond motifs is 1. The molecule has 7 nitrogen and oxygen atoms in total. The minimum absolute atomic E-state index is 0.0159. The Kier molecular flexibility index (Phi) is 9.54. The highest BCUT2D eigenvalue weighted by Crippen LogP contribution is 2.37. The van der Waals surface area contributed by atoms with Crippen molar-refractivity contribution in [3.05, 3.63) is 70.9 Å².